The highest BCUT2D eigenvalue weighted by Gasteiger charge is 2.18. The van der Waals surface area contributed by atoms with Crippen molar-refractivity contribution in [1.82, 2.24) is 0 Å². The molecule has 1 aliphatic heterocycles. The highest BCUT2D eigenvalue weighted by Crippen LogP contribution is 2.28. The molecule has 0 aliphatic carbocycles. The van der Waals surface area contributed by atoms with Crippen LogP contribution in [0, 0.1) is 6.92 Å². The molecule has 1 aromatic rings. The van der Waals surface area contributed by atoms with Crippen molar-refractivity contribution in [3.05, 3.63) is 29.3 Å². The second kappa shape index (κ2) is 2.80. The molecule has 1 aromatic carbocycles. The maximum Gasteiger partial charge on any atom is 0.170 e. The van der Waals surface area contributed by atoms with E-state index >= 15 is 0 Å². The van der Waals surface area contributed by atoms with Crippen molar-refractivity contribution in [3.8, 4) is 0 Å². The van der Waals surface area contributed by atoms with E-state index in [4.69, 9.17) is 0 Å². The fourth-order valence-corrected chi connectivity index (χ4v) is 1.59. The summed E-state index contributed by atoms with van der Waals surface area (Å²) in [5.41, 5.74) is 3.61. The minimum Gasteiger partial charge on any atom is -0.294 e. The summed E-state index contributed by atoms with van der Waals surface area (Å²) < 4.78 is 0. The van der Waals surface area contributed by atoms with Gasteiger partial charge in [-0.25, -0.2) is 0 Å². The molecular weight excluding hydrogens is 162 g/mol. The lowest BCUT2D eigenvalue weighted by molar-refractivity contribution is 0.0999. The van der Waals surface area contributed by atoms with Gasteiger partial charge in [-0.05, 0) is 25.5 Å². The highest BCUT2D eigenvalue weighted by atomic mass is 16.1. The third-order valence-corrected chi connectivity index (χ3v) is 2.26. The van der Waals surface area contributed by atoms with Crippen LogP contribution in [-0.4, -0.2) is 11.5 Å². The number of aliphatic imine (C=N–C) groups is 1. The predicted molar refractivity (Wildman–Crippen MR) is 52.9 cm³/mol. The van der Waals surface area contributed by atoms with Crippen molar-refractivity contribution < 1.29 is 4.79 Å². The Balaban J connectivity index is 2.69. The van der Waals surface area contributed by atoms with Crippen molar-refractivity contribution in [2.45, 2.75) is 20.3 Å². The zero-order chi connectivity index (χ0) is 9.42. The predicted octanol–water partition coefficient (Wildman–Crippen LogP) is 2.67. The molecule has 2 rings (SSSR count). The van der Waals surface area contributed by atoms with Gasteiger partial charge in [0, 0.05) is 17.7 Å². The number of carbonyl (C=O) groups is 1. The van der Waals surface area contributed by atoms with Gasteiger partial charge in [0.15, 0.2) is 5.78 Å². The number of ketones is 1. The van der Waals surface area contributed by atoms with E-state index in [0.717, 1.165) is 22.5 Å². The second-order valence-corrected chi connectivity index (χ2v) is 3.42. The van der Waals surface area contributed by atoms with Gasteiger partial charge in [-0.15, -0.1) is 0 Å². The number of nitrogens with zero attached hydrogens (tertiary/aromatic N) is 1. The van der Waals surface area contributed by atoms with E-state index in [1.807, 2.05) is 32.0 Å². The zero-order valence-electron chi connectivity index (χ0n) is 7.79. The van der Waals surface area contributed by atoms with Crippen molar-refractivity contribution in [3.63, 3.8) is 0 Å². The summed E-state index contributed by atoms with van der Waals surface area (Å²) in [6, 6.07) is 5.73. The van der Waals surface area contributed by atoms with Gasteiger partial charge < -0.3 is 0 Å². The molecule has 2 nitrogen and oxygen atoms in total. The molecule has 0 unspecified atom stereocenters. The quantitative estimate of drug-likeness (QED) is 0.593. The van der Waals surface area contributed by atoms with Crippen LogP contribution in [0.1, 0.15) is 29.3 Å². The highest BCUT2D eigenvalue weighted by molar-refractivity contribution is 6.15. The average Bonchev–Trinajstić information content (AvgIpc) is 2.07. The van der Waals surface area contributed by atoms with Gasteiger partial charge in [0.1, 0.15) is 0 Å². The molecule has 1 aliphatic rings. The first-order valence-corrected chi connectivity index (χ1v) is 4.35. The lowest BCUT2D eigenvalue weighted by Crippen LogP contribution is -2.10. The number of fused-ring (bicyclic) bond motifs is 1. The summed E-state index contributed by atoms with van der Waals surface area (Å²) in [6.07, 6.45) is 0.469. The summed E-state index contributed by atoms with van der Waals surface area (Å²) in [7, 11) is 0. The molecule has 1 heterocycles. The number of carbonyl (C=O) groups excluding carboxylic acids is 1. The molecule has 0 amide bonds. The van der Waals surface area contributed by atoms with Crippen LogP contribution in [0.3, 0.4) is 0 Å². The molecular formula is C11H11NO. The first-order chi connectivity index (χ1) is 6.18. The zero-order valence-corrected chi connectivity index (χ0v) is 7.79. The van der Waals surface area contributed by atoms with Gasteiger partial charge in [-0.2, -0.15) is 0 Å². The van der Waals surface area contributed by atoms with Crippen LogP contribution in [0.25, 0.3) is 0 Å². The third kappa shape index (κ3) is 1.28. The summed E-state index contributed by atoms with van der Waals surface area (Å²) >= 11 is 0. The standard InChI is InChI=1S/C11H11NO/c1-7-4-3-5-9-10(13)6-8(2)12-11(7)9/h3-5H,6H2,1-2H3. The molecule has 0 fully saturated rings. The van der Waals surface area contributed by atoms with E-state index in [2.05, 4.69) is 4.99 Å². The van der Waals surface area contributed by atoms with E-state index < -0.39 is 0 Å². The van der Waals surface area contributed by atoms with Crippen LogP contribution >= 0.6 is 0 Å². The minimum atomic E-state index is 0.186. The SMILES string of the molecule is CC1=Nc2c(C)cccc2C(=O)C1. The van der Waals surface area contributed by atoms with Crippen molar-refractivity contribution in [2.24, 2.45) is 4.99 Å². The minimum absolute atomic E-state index is 0.186. The fourth-order valence-electron chi connectivity index (χ4n) is 1.59. The lowest BCUT2D eigenvalue weighted by Gasteiger charge is -2.13. The van der Waals surface area contributed by atoms with Crippen LogP contribution in [0.2, 0.25) is 0 Å². The molecule has 0 radical (unpaired) electrons. The Morgan fingerprint density at radius 1 is 1.31 bits per heavy atom. The molecule has 2 heteroatoms. The second-order valence-electron chi connectivity index (χ2n) is 3.42. The van der Waals surface area contributed by atoms with Gasteiger partial charge in [0.05, 0.1) is 5.69 Å². The van der Waals surface area contributed by atoms with Crippen LogP contribution in [-0.2, 0) is 0 Å². The van der Waals surface area contributed by atoms with Gasteiger partial charge in [-0.1, -0.05) is 12.1 Å². The van der Waals surface area contributed by atoms with Crippen molar-refractivity contribution in [1.29, 1.82) is 0 Å². The van der Waals surface area contributed by atoms with Crippen LogP contribution in [0.15, 0.2) is 23.2 Å². The molecule has 0 atom stereocenters. The van der Waals surface area contributed by atoms with E-state index in [0.29, 0.717) is 6.42 Å². The van der Waals surface area contributed by atoms with Gasteiger partial charge in [0.2, 0.25) is 0 Å². The van der Waals surface area contributed by atoms with Crippen LogP contribution in [0.5, 0.6) is 0 Å². The Kier molecular flexibility index (Phi) is 1.76. The van der Waals surface area contributed by atoms with Gasteiger partial charge >= 0.3 is 0 Å². The van der Waals surface area contributed by atoms with E-state index in [-0.39, 0.29) is 5.78 Å². The maximum absolute atomic E-state index is 11.6. The van der Waals surface area contributed by atoms with Gasteiger partial charge in [0.25, 0.3) is 0 Å². The summed E-state index contributed by atoms with van der Waals surface area (Å²) in [5, 5.41) is 0. The Morgan fingerprint density at radius 3 is 2.85 bits per heavy atom. The van der Waals surface area contributed by atoms with Gasteiger partial charge in [-0.3, -0.25) is 9.79 Å². The van der Waals surface area contributed by atoms with E-state index in [1.165, 1.54) is 0 Å². The molecule has 0 saturated heterocycles. The largest absolute Gasteiger partial charge is 0.294 e. The first kappa shape index (κ1) is 8.17. The normalized spacial score (nSPS) is 15.2. The topological polar surface area (TPSA) is 29.4 Å². The van der Waals surface area contributed by atoms with Crippen LogP contribution in [0.4, 0.5) is 5.69 Å². The van der Waals surface area contributed by atoms with Crippen molar-refractivity contribution in [2.75, 3.05) is 0 Å². The number of para-hydroxylation sites is 1. The monoisotopic (exact) mass is 173 g/mol. The fraction of sp³-hybridized carbons (Fsp3) is 0.273. The number of Topliss-reactive ketones (excluding diaryl/α,β-unsaturated/α-hetero) is 1. The van der Waals surface area contributed by atoms with Crippen molar-refractivity contribution >= 4 is 17.2 Å². The number of rotatable bonds is 0. The molecule has 0 bridgehead atoms. The number of hydrogen-bond donors (Lipinski definition) is 0. The third-order valence-electron chi connectivity index (χ3n) is 2.26. The number of benzene rings is 1. The van der Waals surface area contributed by atoms with Crippen LogP contribution < -0.4 is 0 Å². The molecule has 66 valence electrons. The smallest absolute Gasteiger partial charge is 0.170 e. The summed E-state index contributed by atoms with van der Waals surface area (Å²) in [5.74, 6) is 0.186. The molecule has 0 saturated carbocycles. The molecule has 0 spiro atoms. The summed E-state index contributed by atoms with van der Waals surface area (Å²) in [6.45, 7) is 3.88. The molecule has 13 heavy (non-hydrogen) atoms. The lowest BCUT2D eigenvalue weighted by atomic mass is 9.98. The van der Waals surface area contributed by atoms with E-state index in [9.17, 15) is 4.79 Å². The number of hydrogen-bond acceptors (Lipinski definition) is 2. The average molecular weight is 173 g/mol. The van der Waals surface area contributed by atoms with E-state index in [1.54, 1.807) is 0 Å². The Bertz CT molecular complexity index is 405. The summed E-state index contributed by atoms with van der Waals surface area (Å²) in [4.78, 5) is 16.0. The Hall–Kier alpha value is -1.44. The maximum atomic E-state index is 11.6. The first-order valence-electron chi connectivity index (χ1n) is 4.35. The Morgan fingerprint density at radius 2 is 2.08 bits per heavy atom. The Labute approximate surface area is 77.3 Å². The molecule has 0 aromatic heterocycles. The molecule has 0 N–H and O–H groups in total. The number of aryl methyl sites for hydroxylation is 1.